The Balaban J connectivity index is 2.34. The van der Waals surface area contributed by atoms with Crippen molar-refractivity contribution in [3.8, 4) is 0 Å². The number of hydrogen-bond donors (Lipinski definition) is 0. The Morgan fingerprint density at radius 3 is 2.29 bits per heavy atom. The Labute approximate surface area is 126 Å². The van der Waals surface area contributed by atoms with Gasteiger partial charge in [0.1, 0.15) is 5.82 Å². The highest BCUT2D eigenvalue weighted by Gasteiger charge is 2.15. The van der Waals surface area contributed by atoms with Crippen molar-refractivity contribution < 1.29 is 0 Å². The van der Waals surface area contributed by atoms with Crippen LogP contribution in [0.3, 0.4) is 0 Å². The Morgan fingerprint density at radius 1 is 1.10 bits per heavy atom. The van der Waals surface area contributed by atoms with Crippen LogP contribution in [0.4, 0.5) is 11.8 Å². The standard InChI is InChI=1S/C15H24N6/c1-10-11(2)17-15(19(4)5)18-14(10)20(6)9-13-8-16-21(7)12(13)3/h8H,9H2,1-7H3. The van der Waals surface area contributed by atoms with Crippen molar-refractivity contribution >= 4 is 11.8 Å². The SMILES string of the molecule is Cc1nc(N(C)C)nc(N(C)Cc2cnn(C)c2C)c1C. The van der Waals surface area contributed by atoms with Gasteiger partial charge in [-0.05, 0) is 20.8 Å². The highest BCUT2D eigenvalue weighted by atomic mass is 15.3. The Hall–Kier alpha value is -2.11. The number of nitrogens with zero attached hydrogens (tertiary/aromatic N) is 6. The van der Waals surface area contributed by atoms with Gasteiger partial charge >= 0.3 is 0 Å². The van der Waals surface area contributed by atoms with Gasteiger partial charge in [-0.25, -0.2) is 4.98 Å². The summed E-state index contributed by atoms with van der Waals surface area (Å²) < 4.78 is 1.90. The predicted molar refractivity (Wildman–Crippen MR) is 85.9 cm³/mol. The van der Waals surface area contributed by atoms with Gasteiger partial charge in [0.05, 0.1) is 6.20 Å². The molecule has 0 fully saturated rings. The topological polar surface area (TPSA) is 50.1 Å². The molecular formula is C15H24N6. The maximum atomic E-state index is 4.68. The summed E-state index contributed by atoms with van der Waals surface area (Å²) in [6, 6.07) is 0. The zero-order valence-corrected chi connectivity index (χ0v) is 14.0. The van der Waals surface area contributed by atoms with Crippen LogP contribution in [0.1, 0.15) is 22.5 Å². The summed E-state index contributed by atoms with van der Waals surface area (Å²) in [5.41, 5.74) is 4.52. The van der Waals surface area contributed by atoms with Crippen molar-refractivity contribution in [1.82, 2.24) is 19.7 Å². The quantitative estimate of drug-likeness (QED) is 0.859. The molecule has 0 saturated carbocycles. The fourth-order valence-electron chi connectivity index (χ4n) is 2.20. The molecule has 0 N–H and O–H groups in total. The smallest absolute Gasteiger partial charge is 0.227 e. The summed E-state index contributed by atoms with van der Waals surface area (Å²) in [4.78, 5) is 13.3. The minimum Gasteiger partial charge on any atom is -0.355 e. The average Bonchev–Trinajstić information content (AvgIpc) is 2.73. The summed E-state index contributed by atoms with van der Waals surface area (Å²) in [6.45, 7) is 6.96. The van der Waals surface area contributed by atoms with E-state index >= 15 is 0 Å². The van der Waals surface area contributed by atoms with E-state index in [1.807, 2.05) is 43.8 Å². The van der Waals surface area contributed by atoms with E-state index in [0.717, 1.165) is 29.6 Å². The van der Waals surface area contributed by atoms with Crippen LogP contribution in [0, 0.1) is 20.8 Å². The van der Waals surface area contributed by atoms with Crippen LogP contribution < -0.4 is 9.80 Å². The molecule has 0 aliphatic heterocycles. The zero-order chi connectivity index (χ0) is 15.7. The molecule has 0 unspecified atom stereocenters. The molecule has 2 rings (SSSR count). The molecule has 0 spiro atoms. The molecule has 114 valence electrons. The fourth-order valence-corrected chi connectivity index (χ4v) is 2.20. The van der Waals surface area contributed by atoms with E-state index in [-0.39, 0.29) is 0 Å². The number of aromatic nitrogens is 4. The second kappa shape index (κ2) is 5.71. The molecule has 6 heteroatoms. The summed E-state index contributed by atoms with van der Waals surface area (Å²) in [5.74, 6) is 1.71. The van der Waals surface area contributed by atoms with E-state index in [4.69, 9.17) is 0 Å². The van der Waals surface area contributed by atoms with Gasteiger partial charge in [0.25, 0.3) is 0 Å². The van der Waals surface area contributed by atoms with Crippen LogP contribution in [-0.4, -0.2) is 40.9 Å². The lowest BCUT2D eigenvalue weighted by Crippen LogP contribution is -2.22. The van der Waals surface area contributed by atoms with Crippen LogP contribution in [0.15, 0.2) is 6.20 Å². The van der Waals surface area contributed by atoms with Gasteiger partial charge in [-0.1, -0.05) is 0 Å². The van der Waals surface area contributed by atoms with Gasteiger partial charge in [-0.2, -0.15) is 10.1 Å². The maximum Gasteiger partial charge on any atom is 0.227 e. The van der Waals surface area contributed by atoms with Gasteiger partial charge in [0.15, 0.2) is 0 Å². The van der Waals surface area contributed by atoms with Gasteiger partial charge in [-0.15, -0.1) is 0 Å². The van der Waals surface area contributed by atoms with E-state index in [1.54, 1.807) is 0 Å². The number of anilines is 2. The van der Waals surface area contributed by atoms with E-state index < -0.39 is 0 Å². The second-order valence-electron chi connectivity index (χ2n) is 5.69. The van der Waals surface area contributed by atoms with Gasteiger partial charge in [-0.3, -0.25) is 4.68 Å². The van der Waals surface area contributed by atoms with Crippen molar-refractivity contribution in [2.75, 3.05) is 30.9 Å². The Morgan fingerprint density at radius 2 is 1.76 bits per heavy atom. The van der Waals surface area contributed by atoms with E-state index in [1.165, 1.54) is 11.3 Å². The zero-order valence-electron chi connectivity index (χ0n) is 14.0. The summed E-state index contributed by atoms with van der Waals surface area (Å²) >= 11 is 0. The predicted octanol–water partition coefficient (Wildman–Crippen LogP) is 1.84. The third-order valence-electron chi connectivity index (χ3n) is 3.86. The van der Waals surface area contributed by atoms with Gasteiger partial charge in [0, 0.05) is 57.3 Å². The first-order valence-electron chi connectivity index (χ1n) is 7.02. The van der Waals surface area contributed by atoms with Gasteiger partial charge in [0.2, 0.25) is 5.95 Å². The fraction of sp³-hybridized carbons (Fsp3) is 0.533. The molecule has 2 aromatic heterocycles. The van der Waals surface area contributed by atoms with Crippen LogP contribution in [0.2, 0.25) is 0 Å². The molecule has 0 aliphatic rings. The van der Waals surface area contributed by atoms with Crippen LogP contribution >= 0.6 is 0 Å². The lowest BCUT2D eigenvalue weighted by atomic mass is 10.2. The molecule has 21 heavy (non-hydrogen) atoms. The number of hydrogen-bond acceptors (Lipinski definition) is 5. The molecule has 6 nitrogen and oxygen atoms in total. The molecule has 0 saturated heterocycles. The van der Waals surface area contributed by atoms with Crippen LogP contribution in [0.5, 0.6) is 0 Å². The highest BCUT2D eigenvalue weighted by molar-refractivity contribution is 5.52. The first-order chi connectivity index (χ1) is 9.81. The minimum atomic E-state index is 0.739. The molecule has 2 heterocycles. The first kappa shape index (κ1) is 15.3. The molecule has 0 aromatic carbocycles. The molecule has 0 amide bonds. The van der Waals surface area contributed by atoms with Crippen molar-refractivity contribution in [1.29, 1.82) is 0 Å². The largest absolute Gasteiger partial charge is 0.355 e. The molecule has 0 atom stereocenters. The normalized spacial score (nSPS) is 10.8. The van der Waals surface area contributed by atoms with Crippen LogP contribution in [0.25, 0.3) is 0 Å². The van der Waals surface area contributed by atoms with Crippen LogP contribution in [-0.2, 0) is 13.6 Å². The monoisotopic (exact) mass is 288 g/mol. The van der Waals surface area contributed by atoms with Crippen molar-refractivity contribution in [3.05, 3.63) is 28.7 Å². The lowest BCUT2D eigenvalue weighted by Gasteiger charge is -2.23. The van der Waals surface area contributed by atoms with E-state index in [9.17, 15) is 0 Å². The summed E-state index contributed by atoms with van der Waals surface area (Å²) in [5, 5.41) is 4.30. The average molecular weight is 288 g/mol. The Kier molecular flexibility index (Phi) is 4.16. The van der Waals surface area contributed by atoms with Crippen molar-refractivity contribution in [3.63, 3.8) is 0 Å². The molecule has 0 bridgehead atoms. The maximum absolute atomic E-state index is 4.68. The van der Waals surface area contributed by atoms with E-state index in [0.29, 0.717) is 0 Å². The summed E-state index contributed by atoms with van der Waals surface area (Å²) in [6.07, 6.45) is 1.92. The number of aryl methyl sites for hydroxylation is 2. The Bertz CT molecular complexity index is 644. The first-order valence-corrected chi connectivity index (χ1v) is 7.02. The van der Waals surface area contributed by atoms with Gasteiger partial charge < -0.3 is 9.80 Å². The molecule has 0 radical (unpaired) electrons. The molecular weight excluding hydrogens is 264 g/mol. The van der Waals surface area contributed by atoms with Crippen molar-refractivity contribution in [2.45, 2.75) is 27.3 Å². The number of rotatable bonds is 4. The third-order valence-corrected chi connectivity index (χ3v) is 3.86. The molecule has 2 aromatic rings. The second-order valence-corrected chi connectivity index (χ2v) is 5.69. The summed E-state index contributed by atoms with van der Waals surface area (Å²) in [7, 11) is 7.93. The lowest BCUT2D eigenvalue weighted by molar-refractivity contribution is 0.736. The third kappa shape index (κ3) is 2.99. The molecule has 0 aliphatic carbocycles. The van der Waals surface area contributed by atoms with E-state index in [2.05, 4.69) is 40.9 Å². The minimum absolute atomic E-state index is 0.739. The highest BCUT2D eigenvalue weighted by Crippen LogP contribution is 2.23. The van der Waals surface area contributed by atoms with Crippen molar-refractivity contribution in [2.24, 2.45) is 7.05 Å².